The fraction of sp³-hybridized carbons (Fsp3) is 0.727. The average molecular weight is 229 g/mol. The van der Waals surface area contributed by atoms with Crippen molar-refractivity contribution in [3.8, 4) is 0 Å². The monoisotopic (exact) mass is 229 g/mol. The van der Waals surface area contributed by atoms with Gasteiger partial charge in [0.05, 0.1) is 19.3 Å². The van der Waals surface area contributed by atoms with Crippen molar-refractivity contribution < 1.29 is 19.7 Å². The smallest absolute Gasteiger partial charge is 0.330 e. The van der Waals surface area contributed by atoms with Crippen LogP contribution in [0.15, 0.2) is 11.6 Å². The summed E-state index contributed by atoms with van der Waals surface area (Å²) in [5, 5.41) is 17.7. The van der Waals surface area contributed by atoms with Crippen LogP contribution in [0.4, 0.5) is 0 Å². The summed E-state index contributed by atoms with van der Waals surface area (Å²) in [6.07, 6.45) is 1.54. The molecule has 0 radical (unpaired) electrons. The van der Waals surface area contributed by atoms with Crippen LogP contribution in [0.5, 0.6) is 0 Å². The van der Waals surface area contributed by atoms with E-state index in [9.17, 15) is 4.79 Å². The Morgan fingerprint density at radius 3 is 2.88 bits per heavy atom. The lowest BCUT2D eigenvalue weighted by molar-refractivity contribution is -0.132. The number of ether oxygens (including phenoxy) is 1. The van der Waals surface area contributed by atoms with Gasteiger partial charge in [0.1, 0.15) is 0 Å². The Morgan fingerprint density at radius 2 is 2.31 bits per heavy atom. The third-order valence-corrected chi connectivity index (χ3v) is 2.81. The first kappa shape index (κ1) is 13.2. The number of carboxylic acid groups (broad SMARTS) is 1. The number of nitrogens with zero attached hydrogens (tertiary/aromatic N) is 1. The molecule has 0 aromatic heterocycles. The zero-order chi connectivity index (χ0) is 12.1. The third kappa shape index (κ3) is 3.59. The quantitative estimate of drug-likeness (QED) is 0.669. The Kier molecular flexibility index (Phi) is 4.92. The van der Waals surface area contributed by atoms with Gasteiger partial charge in [-0.25, -0.2) is 4.79 Å². The molecule has 5 nitrogen and oxygen atoms in total. The van der Waals surface area contributed by atoms with Gasteiger partial charge >= 0.3 is 5.97 Å². The first-order valence-corrected chi connectivity index (χ1v) is 5.41. The van der Waals surface area contributed by atoms with Gasteiger partial charge in [-0.2, -0.15) is 0 Å². The number of aliphatic hydroxyl groups is 1. The summed E-state index contributed by atoms with van der Waals surface area (Å²) in [6, 6.07) is 0.251. The lowest BCUT2D eigenvalue weighted by Gasteiger charge is -2.36. The first-order chi connectivity index (χ1) is 7.54. The van der Waals surface area contributed by atoms with E-state index in [0.717, 1.165) is 0 Å². The van der Waals surface area contributed by atoms with Crippen LogP contribution in [0.2, 0.25) is 0 Å². The van der Waals surface area contributed by atoms with Gasteiger partial charge in [0, 0.05) is 24.7 Å². The van der Waals surface area contributed by atoms with Gasteiger partial charge in [-0.1, -0.05) is 6.08 Å². The Hall–Kier alpha value is -0.910. The molecule has 0 aromatic rings. The second-order valence-corrected chi connectivity index (χ2v) is 4.13. The molecule has 1 fully saturated rings. The maximum absolute atomic E-state index is 10.6. The van der Waals surface area contributed by atoms with Crippen LogP contribution in [0.1, 0.15) is 13.8 Å². The number of rotatable bonds is 4. The largest absolute Gasteiger partial charge is 0.478 e. The van der Waals surface area contributed by atoms with E-state index in [4.69, 9.17) is 14.9 Å². The molecule has 1 heterocycles. The minimum absolute atomic E-state index is 0.00481. The topological polar surface area (TPSA) is 70.0 Å². The summed E-state index contributed by atoms with van der Waals surface area (Å²) < 4.78 is 5.40. The maximum Gasteiger partial charge on any atom is 0.330 e. The fourth-order valence-electron chi connectivity index (χ4n) is 1.58. The number of morpholine rings is 1. The molecule has 0 bridgehead atoms. The minimum Gasteiger partial charge on any atom is -0.478 e. The Labute approximate surface area is 95.3 Å². The van der Waals surface area contributed by atoms with Crippen molar-refractivity contribution in [1.29, 1.82) is 0 Å². The van der Waals surface area contributed by atoms with Crippen molar-refractivity contribution in [3.63, 3.8) is 0 Å². The van der Waals surface area contributed by atoms with E-state index in [2.05, 4.69) is 4.90 Å². The number of aliphatic hydroxyl groups excluding tert-OH is 1. The molecule has 2 unspecified atom stereocenters. The van der Waals surface area contributed by atoms with Crippen LogP contribution in [0, 0.1) is 0 Å². The number of hydrogen-bond acceptors (Lipinski definition) is 4. The standard InChI is InChI=1S/C11H19NO4/c1-8(11(14)15)3-4-12-5-10(6-13)16-7-9(12)2/h3,9-10,13H,4-7H2,1-2H3,(H,14,15)/b8-3-. The van der Waals surface area contributed by atoms with Crippen LogP contribution < -0.4 is 0 Å². The van der Waals surface area contributed by atoms with Crippen molar-refractivity contribution >= 4 is 5.97 Å². The normalized spacial score (nSPS) is 28.1. The van der Waals surface area contributed by atoms with Gasteiger partial charge < -0.3 is 14.9 Å². The molecule has 1 rings (SSSR count). The number of carboxylic acids is 1. The Balaban J connectivity index is 2.51. The molecule has 0 aromatic carbocycles. The summed E-state index contributed by atoms with van der Waals surface area (Å²) in [4.78, 5) is 12.7. The molecule has 92 valence electrons. The van der Waals surface area contributed by atoms with Crippen molar-refractivity contribution in [2.24, 2.45) is 0 Å². The fourth-order valence-corrected chi connectivity index (χ4v) is 1.58. The first-order valence-electron chi connectivity index (χ1n) is 5.41. The Bertz CT molecular complexity index is 277. The Morgan fingerprint density at radius 1 is 1.62 bits per heavy atom. The molecule has 0 amide bonds. The molecule has 16 heavy (non-hydrogen) atoms. The van der Waals surface area contributed by atoms with Crippen LogP contribution in [0.25, 0.3) is 0 Å². The predicted molar refractivity (Wildman–Crippen MR) is 59.3 cm³/mol. The van der Waals surface area contributed by atoms with Crippen LogP contribution >= 0.6 is 0 Å². The van der Waals surface area contributed by atoms with Crippen molar-refractivity contribution in [2.45, 2.75) is 26.0 Å². The average Bonchev–Trinajstić information content (AvgIpc) is 2.27. The SMILES string of the molecule is C/C(=C/CN1CC(CO)OCC1C)C(=O)O. The van der Waals surface area contributed by atoms with Crippen LogP contribution in [0.3, 0.4) is 0 Å². The number of carbonyl (C=O) groups is 1. The second-order valence-electron chi connectivity index (χ2n) is 4.13. The number of hydrogen-bond donors (Lipinski definition) is 2. The van der Waals surface area contributed by atoms with Crippen LogP contribution in [-0.2, 0) is 9.53 Å². The maximum atomic E-state index is 10.6. The van der Waals surface area contributed by atoms with E-state index in [0.29, 0.717) is 25.3 Å². The molecule has 2 N–H and O–H groups in total. The van der Waals surface area contributed by atoms with E-state index in [-0.39, 0.29) is 18.8 Å². The van der Waals surface area contributed by atoms with Gasteiger partial charge in [-0.15, -0.1) is 0 Å². The van der Waals surface area contributed by atoms with Gasteiger partial charge in [0.15, 0.2) is 0 Å². The molecule has 2 atom stereocenters. The van der Waals surface area contributed by atoms with E-state index in [1.807, 2.05) is 6.92 Å². The molecule has 1 aliphatic heterocycles. The molecule has 0 spiro atoms. The van der Waals surface area contributed by atoms with Gasteiger partial charge in [-0.3, -0.25) is 4.90 Å². The van der Waals surface area contributed by atoms with Gasteiger partial charge in [0.25, 0.3) is 0 Å². The lowest BCUT2D eigenvalue weighted by Crippen LogP contribution is -2.49. The molecular formula is C11H19NO4. The molecule has 1 aliphatic rings. The summed E-state index contributed by atoms with van der Waals surface area (Å²) in [7, 11) is 0. The van der Waals surface area contributed by atoms with E-state index >= 15 is 0 Å². The highest BCUT2D eigenvalue weighted by atomic mass is 16.5. The van der Waals surface area contributed by atoms with Crippen molar-refractivity contribution in [3.05, 3.63) is 11.6 Å². The molecule has 0 saturated carbocycles. The summed E-state index contributed by atoms with van der Waals surface area (Å²) in [5.74, 6) is -0.889. The zero-order valence-corrected chi connectivity index (χ0v) is 9.72. The molecule has 5 heteroatoms. The van der Waals surface area contributed by atoms with Crippen molar-refractivity contribution in [2.75, 3.05) is 26.3 Å². The molecule has 0 aliphatic carbocycles. The third-order valence-electron chi connectivity index (χ3n) is 2.81. The highest BCUT2D eigenvalue weighted by Gasteiger charge is 2.24. The number of aliphatic carboxylic acids is 1. The summed E-state index contributed by atoms with van der Waals surface area (Å²) in [6.45, 7) is 5.41. The molecule has 1 saturated heterocycles. The van der Waals surface area contributed by atoms with E-state index < -0.39 is 5.97 Å². The summed E-state index contributed by atoms with van der Waals surface area (Å²) in [5.41, 5.74) is 0.347. The highest BCUT2D eigenvalue weighted by molar-refractivity contribution is 5.85. The van der Waals surface area contributed by atoms with E-state index in [1.165, 1.54) is 0 Å². The van der Waals surface area contributed by atoms with E-state index in [1.54, 1.807) is 13.0 Å². The van der Waals surface area contributed by atoms with Crippen LogP contribution in [-0.4, -0.2) is 59.5 Å². The zero-order valence-electron chi connectivity index (χ0n) is 9.72. The predicted octanol–water partition coefficient (Wildman–Crippen LogP) is 0.0989. The second kappa shape index (κ2) is 5.98. The van der Waals surface area contributed by atoms with Gasteiger partial charge in [0.2, 0.25) is 0 Å². The van der Waals surface area contributed by atoms with Crippen molar-refractivity contribution in [1.82, 2.24) is 4.90 Å². The summed E-state index contributed by atoms with van der Waals surface area (Å²) >= 11 is 0. The van der Waals surface area contributed by atoms with Gasteiger partial charge in [-0.05, 0) is 13.8 Å². The minimum atomic E-state index is -0.889. The molecular weight excluding hydrogens is 210 g/mol. The lowest BCUT2D eigenvalue weighted by atomic mass is 10.2. The highest BCUT2D eigenvalue weighted by Crippen LogP contribution is 2.11.